The molecule has 1 aromatic heterocycles. The second kappa shape index (κ2) is 8.98. The number of nitrogens with one attached hydrogen (secondary N) is 2. The van der Waals surface area contributed by atoms with Crippen LogP contribution in [-0.2, 0) is 6.42 Å². The average molecular weight is 313 g/mol. The van der Waals surface area contributed by atoms with Crippen LogP contribution in [0, 0.1) is 6.92 Å². The third-order valence-corrected chi connectivity index (χ3v) is 3.58. The molecule has 0 fully saturated rings. The van der Waals surface area contributed by atoms with Gasteiger partial charge in [-0.3, -0.25) is 4.99 Å². The molecule has 0 spiro atoms. The molecule has 2 aromatic rings. The molecule has 0 amide bonds. The summed E-state index contributed by atoms with van der Waals surface area (Å²) in [6.45, 7) is 8.80. The Balaban J connectivity index is 1.91. The van der Waals surface area contributed by atoms with Gasteiger partial charge in [0.2, 0.25) is 0 Å². The Labute approximate surface area is 138 Å². The van der Waals surface area contributed by atoms with E-state index in [-0.39, 0.29) is 0 Å². The fourth-order valence-corrected chi connectivity index (χ4v) is 2.42. The van der Waals surface area contributed by atoms with Gasteiger partial charge >= 0.3 is 0 Å². The number of aromatic nitrogens is 2. The maximum absolute atomic E-state index is 4.61. The van der Waals surface area contributed by atoms with Gasteiger partial charge in [-0.1, -0.05) is 18.2 Å². The SMILES string of the molecule is CCNC(=NCCCc1cn(-c2ccccc2)nc1C)NCC. The van der Waals surface area contributed by atoms with Crippen molar-refractivity contribution in [2.75, 3.05) is 19.6 Å². The first kappa shape index (κ1) is 17.1. The monoisotopic (exact) mass is 313 g/mol. The van der Waals surface area contributed by atoms with Crippen molar-refractivity contribution in [2.24, 2.45) is 4.99 Å². The number of benzene rings is 1. The number of guanidine groups is 1. The van der Waals surface area contributed by atoms with E-state index < -0.39 is 0 Å². The van der Waals surface area contributed by atoms with Crippen LogP contribution in [0.4, 0.5) is 0 Å². The van der Waals surface area contributed by atoms with Gasteiger partial charge in [0.15, 0.2) is 5.96 Å². The van der Waals surface area contributed by atoms with Crippen LogP contribution in [0.1, 0.15) is 31.5 Å². The van der Waals surface area contributed by atoms with Crippen LogP contribution in [0.3, 0.4) is 0 Å². The van der Waals surface area contributed by atoms with E-state index in [9.17, 15) is 0 Å². The van der Waals surface area contributed by atoms with Crippen molar-refractivity contribution in [1.82, 2.24) is 20.4 Å². The first-order valence-corrected chi connectivity index (χ1v) is 8.37. The second-order valence-corrected chi connectivity index (χ2v) is 5.41. The number of aryl methyl sites for hydroxylation is 2. The van der Waals surface area contributed by atoms with E-state index in [2.05, 4.69) is 59.8 Å². The van der Waals surface area contributed by atoms with Crippen LogP contribution in [0.15, 0.2) is 41.5 Å². The minimum Gasteiger partial charge on any atom is -0.357 e. The van der Waals surface area contributed by atoms with Crippen LogP contribution in [0.5, 0.6) is 0 Å². The predicted molar refractivity (Wildman–Crippen MR) is 96.3 cm³/mol. The van der Waals surface area contributed by atoms with Crippen molar-refractivity contribution in [3.63, 3.8) is 0 Å². The van der Waals surface area contributed by atoms with Crippen LogP contribution >= 0.6 is 0 Å². The quantitative estimate of drug-likeness (QED) is 0.469. The van der Waals surface area contributed by atoms with E-state index in [4.69, 9.17) is 0 Å². The minimum atomic E-state index is 0.811. The highest BCUT2D eigenvalue weighted by atomic mass is 15.3. The number of hydrogen-bond acceptors (Lipinski definition) is 2. The Morgan fingerprint density at radius 2 is 1.83 bits per heavy atom. The minimum absolute atomic E-state index is 0.811. The molecule has 0 saturated heterocycles. The zero-order valence-corrected chi connectivity index (χ0v) is 14.3. The molecular weight excluding hydrogens is 286 g/mol. The van der Waals surface area contributed by atoms with E-state index in [1.807, 2.05) is 22.9 Å². The summed E-state index contributed by atoms with van der Waals surface area (Å²) in [5.41, 5.74) is 3.48. The maximum atomic E-state index is 4.61. The molecule has 5 heteroatoms. The molecule has 0 unspecified atom stereocenters. The molecule has 0 aliphatic heterocycles. The molecule has 5 nitrogen and oxygen atoms in total. The summed E-state index contributed by atoms with van der Waals surface area (Å²) in [5, 5.41) is 11.1. The third kappa shape index (κ3) is 5.13. The standard InChI is InChI=1S/C18H27N5/c1-4-19-18(20-5-2)21-13-9-10-16-14-23(22-15(16)3)17-11-7-6-8-12-17/h6-8,11-12,14H,4-5,9-10,13H2,1-3H3,(H2,19,20,21). The lowest BCUT2D eigenvalue weighted by atomic mass is 10.1. The summed E-state index contributed by atoms with van der Waals surface area (Å²) in [6.07, 6.45) is 4.14. The fraction of sp³-hybridized carbons (Fsp3) is 0.444. The van der Waals surface area contributed by atoms with Gasteiger partial charge in [-0.05, 0) is 51.3 Å². The van der Waals surface area contributed by atoms with E-state index >= 15 is 0 Å². The van der Waals surface area contributed by atoms with Crippen molar-refractivity contribution in [1.29, 1.82) is 0 Å². The summed E-state index contributed by atoms with van der Waals surface area (Å²) in [5.74, 6) is 0.895. The molecule has 1 aromatic carbocycles. The lowest BCUT2D eigenvalue weighted by Gasteiger charge is -2.08. The molecule has 1 heterocycles. The average Bonchev–Trinajstić information content (AvgIpc) is 2.94. The molecular formula is C18H27N5. The first-order valence-electron chi connectivity index (χ1n) is 8.37. The molecule has 0 atom stereocenters. The van der Waals surface area contributed by atoms with E-state index in [0.717, 1.165) is 49.8 Å². The fourth-order valence-electron chi connectivity index (χ4n) is 2.42. The topological polar surface area (TPSA) is 54.2 Å². The largest absolute Gasteiger partial charge is 0.357 e. The summed E-state index contributed by atoms with van der Waals surface area (Å²) >= 11 is 0. The zero-order valence-electron chi connectivity index (χ0n) is 14.3. The van der Waals surface area contributed by atoms with Gasteiger partial charge in [0, 0.05) is 25.8 Å². The van der Waals surface area contributed by atoms with Crippen molar-refractivity contribution in [3.05, 3.63) is 47.8 Å². The smallest absolute Gasteiger partial charge is 0.191 e. The van der Waals surface area contributed by atoms with Crippen molar-refractivity contribution < 1.29 is 0 Å². The number of hydrogen-bond donors (Lipinski definition) is 2. The van der Waals surface area contributed by atoms with Crippen LogP contribution in [0.25, 0.3) is 5.69 Å². The molecule has 2 rings (SSSR count). The van der Waals surface area contributed by atoms with Gasteiger partial charge in [-0.2, -0.15) is 5.10 Å². The molecule has 0 radical (unpaired) electrons. The van der Waals surface area contributed by atoms with Crippen LogP contribution < -0.4 is 10.6 Å². The Morgan fingerprint density at radius 1 is 1.13 bits per heavy atom. The lowest BCUT2D eigenvalue weighted by Crippen LogP contribution is -2.37. The zero-order chi connectivity index (χ0) is 16.5. The lowest BCUT2D eigenvalue weighted by molar-refractivity contribution is 0.793. The molecule has 0 bridgehead atoms. The predicted octanol–water partition coefficient (Wildman–Crippen LogP) is 2.69. The highest BCUT2D eigenvalue weighted by Gasteiger charge is 2.06. The van der Waals surface area contributed by atoms with E-state index in [1.165, 1.54) is 5.56 Å². The van der Waals surface area contributed by atoms with Gasteiger partial charge in [0.25, 0.3) is 0 Å². The number of aliphatic imine (C=N–C) groups is 1. The van der Waals surface area contributed by atoms with Crippen molar-refractivity contribution >= 4 is 5.96 Å². The normalized spacial score (nSPS) is 10.4. The second-order valence-electron chi connectivity index (χ2n) is 5.41. The molecule has 2 N–H and O–H groups in total. The molecule has 124 valence electrons. The summed E-state index contributed by atoms with van der Waals surface area (Å²) in [7, 11) is 0. The molecule has 0 saturated carbocycles. The van der Waals surface area contributed by atoms with E-state index in [0.29, 0.717) is 0 Å². The first-order chi connectivity index (χ1) is 11.2. The Morgan fingerprint density at radius 3 is 2.48 bits per heavy atom. The van der Waals surface area contributed by atoms with E-state index in [1.54, 1.807) is 0 Å². The van der Waals surface area contributed by atoms with Gasteiger partial charge in [0.1, 0.15) is 0 Å². The van der Waals surface area contributed by atoms with Gasteiger partial charge in [-0.15, -0.1) is 0 Å². The Hall–Kier alpha value is -2.30. The molecule has 23 heavy (non-hydrogen) atoms. The van der Waals surface area contributed by atoms with Gasteiger partial charge in [0.05, 0.1) is 11.4 Å². The highest BCUT2D eigenvalue weighted by molar-refractivity contribution is 5.79. The van der Waals surface area contributed by atoms with Crippen LogP contribution in [-0.4, -0.2) is 35.4 Å². The highest BCUT2D eigenvalue weighted by Crippen LogP contribution is 2.13. The van der Waals surface area contributed by atoms with Crippen LogP contribution in [0.2, 0.25) is 0 Å². The number of para-hydroxylation sites is 1. The summed E-state index contributed by atoms with van der Waals surface area (Å²) < 4.78 is 1.96. The molecule has 0 aliphatic carbocycles. The number of nitrogens with zero attached hydrogens (tertiary/aromatic N) is 3. The third-order valence-electron chi connectivity index (χ3n) is 3.58. The number of rotatable bonds is 7. The summed E-state index contributed by atoms with van der Waals surface area (Å²) in [4.78, 5) is 4.58. The van der Waals surface area contributed by atoms with Crippen molar-refractivity contribution in [2.45, 2.75) is 33.6 Å². The Bertz CT molecular complexity index is 608. The summed E-state index contributed by atoms with van der Waals surface area (Å²) in [6, 6.07) is 10.2. The van der Waals surface area contributed by atoms with Crippen molar-refractivity contribution in [3.8, 4) is 5.69 Å². The molecule has 0 aliphatic rings. The maximum Gasteiger partial charge on any atom is 0.191 e. The van der Waals surface area contributed by atoms with Gasteiger partial charge in [-0.25, -0.2) is 4.68 Å². The van der Waals surface area contributed by atoms with Gasteiger partial charge < -0.3 is 10.6 Å². The Kier molecular flexibility index (Phi) is 6.66.